The lowest BCUT2D eigenvalue weighted by molar-refractivity contribution is 0.309. The first kappa shape index (κ1) is 17.8. The van der Waals surface area contributed by atoms with Gasteiger partial charge in [-0.1, -0.05) is 25.5 Å². The molecule has 0 spiro atoms. The summed E-state index contributed by atoms with van der Waals surface area (Å²) in [6.07, 6.45) is 2.50. The molecule has 0 radical (unpaired) electrons. The minimum Gasteiger partial charge on any atom is -0.494 e. The molecule has 1 aromatic rings. The van der Waals surface area contributed by atoms with E-state index >= 15 is 0 Å². The van der Waals surface area contributed by atoms with E-state index in [-0.39, 0.29) is 6.16 Å². The number of nitroso groups, excluding NO2 is 1. The number of nitrogens with zero attached hydrogens (tertiary/aromatic N) is 1. The molecular weight excluding hydrogens is 291 g/mol. The van der Waals surface area contributed by atoms with E-state index in [1.54, 1.807) is 0 Å². The maximum absolute atomic E-state index is 11.0. The maximum atomic E-state index is 11.0. The molecule has 0 bridgehead atoms. The van der Waals surface area contributed by atoms with Crippen LogP contribution in [0, 0.1) is 4.91 Å². The third kappa shape index (κ3) is 7.95. The van der Waals surface area contributed by atoms with Crippen LogP contribution in [0.4, 0.5) is 0 Å². The minimum atomic E-state index is -3.80. The van der Waals surface area contributed by atoms with Crippen molar-refractivity contribution in [2.75, 3.05) is 19.3 Å². The van der Waals surface area contributed by atoms with E-state index in [1.165, 1.54) is 0 Å². The number of nitrogens with one attached hydrogen (secondary N) is 1. The Kier molecular flexibility index (Phi) is 8.20. The molecule has 0 aliphatic carbocycles. The standard InChI is InChI=1S/C14H23N2O4P/c1-2-3-9-20-14-7-4-6-13(11-14)12-15-8-5-10-21(18,19)16-17/h4,6-7,11,15H,2-3,5,8-10,12H2,1H3,(H,18,19). The van der Waals surface area contributed by atoms with Crippen molar-refractivity contribution in [1.82, 2.24) is 5.32 Å². The van der Waals surface area contributed by atoms with Gasteiger partial charge in [-0.05, 0) is 37.1 Å². The van der Waals surface area contributed by atoms with E-state index in [1.807, 2.05) is 24.3 Å². The average Bonchev–Trinajstić information content (AvgIpc) is 2.48. The van der Waals surface area contributed by atoms with Gasteiger partial charge in [0, 0.05) is 17.7 Å². The molecule has 0 fully saturated rings. The summed E-state index contributed by atoms with van der Waals surface area (Å²) in [5, 5.41) is 3.16. The Morgan fingerprint density at radius 1 is 1.38 bits per heavy atom. The van der Waals surface area contributed by atoms with Crippen molar-refractivity contribution in [3.8, 4) is 5.75 Å². The van der Waals surface area contributed by atoms with Crippen LogP contribution in [0.5, 0.6) is 5.75 Å². The van der Waals surface area contributed by atoms with Crippen molar-refractivity contribution in [3.05, 3.63) is 34.7 Å². The molecule has 0 saturated heterocycles. The van der Waals surface area contributed by atoms with E-state index in [0.717, 1.165) is 30.8 Å². The van der Waals surface area contributed by atoms with Crippen molar-refractivity contribution < 1.29 is 14.2 Å². The summed E-state index contributed by atoms with van der Waals surface area (Å²) in [5.74, 6) is 0.854. The van der Waals surface area contributed by atoms with Gasteiger partial charge in [0.2, 0.25) is 0 Å². The molecule has 2 N–H and O–H groups in total. The van der Waals surface area contributed by atoms with Crippen LogP contribution in [0.25, 0.3) is 0 Å². The van der Waals surface area contributed by atoms with Gasteiger partial charge in [-0.3, -0.25) is 4.57 Å². The average molecular weight is 314 g/mol. The Morgan fingerprint density at radius 3 is 2.90 bits per heavy atom. The van der Waals surface area contributed by atoms with E-state index in [9.17, 15) is 9.47 Å². The lowest BCUT2D eigenvalue weighted by Gasteiger charge is -2.09. The Balaban J connectivity index is 2.27. The topological polar surface area (TPSA) is 88.0 Å². The summed E-state index contributed by atoms with van der Waals surface area (Å²) >= 11 is 0. The Hall–Kier alpha value is -1.23. The van der Waals surface area contributed by atoms with Crippen molar-refractivity contribution in [2.24, 2.45) is 4.95 Å². The quantitative estimate of drug-likeness (QED) is 0.372. The van der Waals surface area contributed by atoms with E-state index in [0.29, 0.717) is 19.5 Å². The van der Waals surface area contributed by atoms with Crippen LogP contribution in [-0.2, 0) is 11.1 Å². The predicted molar refractivity (Wildman–Crippen MR) is 83.7 cm³/mol. The van der Waals surface area contributed by atoms with Crippen molar-refractivity contribution >= 4 is 7.52 Å². The first-order valence-corrected chi connectivity index (χ1v) is 8.96. The summed E-state index contributed by atoms with van der Waals surface area (Å²) in [5.41, 5.74) is 1.09. The minimum absolute atomic E-state index is 0.0797. The third-order valence-corrected chi connectivity index (χ3v) is 4.08. The van der Waals surface area contributed by atoms with Crippen molar-refractivity contribution in [2.45, 2.75) is 32.7 Å². The molecule has 0 amide bonds. The fourth-order valence-electron chi connectivity index (χ4n) is 1.76. The van der Waals surface area contributed by atoms with Gasteiger partial charge in [0.15, 0.2) is 0 Å². The normalized spacial score (nSPS) is 13.6. The molecule has 1 atom stereocenters. The molecule has 7 heteroatoms. The first-order chi connectivity index (χ1) is 10.1. The summed E-state index contributed by atoms with van der Waals surface area (Å²) in [7, 11) is -3.80. The molecule has 0 saturated carbocycles. The maximum Gasteiger partial charge on any atom is 0.350 e. The molecule has 0 aliphatic rings. The van der Waals surface area contributed by atoms with Gasteiger partial charge in [0.25, 0.3) is 0 Å². The van der Waals surface area contributed by atoms with E-state index in [4.69, 9.17) is 9.63 Å². The SMILES string of the molecule is CCCCOc1cccc(CNCCCP(=O)(O)N=O)c1. The number of hydrogen-bond acceptors (Lipinski definition) is 4. The Morgan fingerprint density at radius 2 is 2.19 bits per heavy atom. The molecule has 118 valence electrons. The number of rotatable bonds is 11. The van der Waals surface area contributed by atoms with Crippen LogP contribution < -0.4 is 10.1 Å². The van der Waals surface area contributed by atoms with Crippen molar-refractivity contribution in [1.29, 1.82) is 0 Å². The zero-order valence-corrected chi connectivity index (χ0v) is 13.2. The van der Waals surface area contributed by atoms with Crippen molar-refractivity contribution in [3.63, 3.8) is 0 Å². The molecular formula is C14H23N2O4P. The molecule has 6 nitrogen and oxygen atoms in total. The van der Waals surface area contributed by atoms with Crippen LogP contribution in [0.15, 0.2) is 29.2 Å². The van der Waals surface area contributed by atoms with E-state index < -0.39 is 7.52 Å². The predicted octanol–water partition coefficient (Wildman–Crippen LogP) is 3.30. The van der Waals surface area contributed by atoms with Gasteiger partial charge in [0.1, 0.15) is 5.75 Å². The zero-order chi connectivity index (χ0) is 15.6. The Bertz CT molecular complexity index is 482. The highest BCUT2D eigenvalue weighted by atomic mass is 31.2. The molecule has 1 aromatic carbocycles. The van der Waals surface area contributed by atoms with Gasteiger partial charge < -0.3 is 14.9 Å². The fraction of sp³-hybridized carbons (Fsp3) is 0.571. The zero-order valence-electron chi connectivity index (χ0n) is 12.3. The number of unbranched alkanes of at least 4 members (excludes halogenated alkanes) is 1. The highest BCUT2D eigenvalue weighted by Crippen LogP contribution is 2.41. The van der Waals surface area contributed by atoms with Gasteiger partial charge >= 0.3 is 7.52 Å². The van der Waals surface area contributed by atoms with Gasteiger partial charge in [-0.25, -0.2) is 0 Å². The summed E-state index contributed by atoms with van der Waals surface area (Å²) in [6, 6.07) is 7.84. The summed E-state index contributed by atoms with van der Waals surface area (Å²) < 4.78 is 16.6. The first-order valence-electron chi connectivity index (χ1n) is 7.16. The molecule has 1 rings (SSSR count). The fourth-order valence-corrected chi connectivity index (χ4v) is 2.41. The highest BCUT2D eigenvalue weighted by Gasteiger charge is 2.16. The monoisotopic (exact) mass is 314 g/mol. The number of hydrogen-bond donors (Lipinski definition) is 2. The van der Waals surface area contributed by atoms with Crippen LogP contribution in [0.3, 0.4) is 0 Å². The third-order valence-electron chi connectivity index (χ3n) is 2.92. The number of ether oxygens (including phenoxy) is 1. The largest absolute Gasteiger partial charge is 0.494 e. The van der Waals surface area contributed by atoms with Crippen LogP contribution in [0.2, 0.25) is 0 Å². The second-order valence-electron chi connectivity index (χ2n) is 4.85. The lowest BCUT2D eigenvalue weighted by Crippen LogP contribution is -2.15. The van der Waals surface area contributed by atoms with Crippen LogP contribution in [0.1, 0.15) is 31.7 Å². The molecule has 21 heavy (non-hydrogen) atoms. The van der Waals surface area contributed by atoms with Gasteiger partial charge in [-0.15, -0.1) is 4.91 Å². The Labute approximate surface area is 125 Å². The molecule has 0 aromatic heterocycles. The summed E-state index contributed by atoms with van der Waals surface area (Å²) in [4.78, 5) is 21.3. The van der Waals surface area contributed by atoms with Gasteiger partial charge in [0.05, 0.1) is 6.61 Å². The van der Waals surface area contributed by atoms with Crippen LogP contribution >= 0.6 is 7.52 Å². The molecule has 1 unspecified atom stereocenters. The second kappa shape index (κ2) is 9.66. The van der Waals surface area contributed by atoms with E-state index in [2.05, 4.69) is 17.2 Å². The summed E-state index contributed by atoms with van der Waals surface area (Å²) in [6.45, 7) is 4.04. The molecule has 0 aliphatic heterocycles. The second-order valence-corrected chi connectivity index (χ2v) is 6.79. The molecule has 0 heterocycles. The highest BCUT2D eigenvalue weighted by molar-refractivity contribution is 7.56. The lowest BCUT2D eigenvalue weighted by atomic mass is 10.2. The smallest absolute Gasteiger partial charge is 0.350 e. The number of benzene rings is 1. The van der Waals surface area contributed by atoms with Gasteiger partial charge in [-0.2, -0.15) is 0 Å². The van der Waals surface area contributed by atoms with Crippen LogP contribution in [-0.4, -0.2) is 24.2 Å².